The van der Waals surface area contributed by atoms with Crippen LogP contribution in [0.5, 0.6) is 0 Å². The van der Waals surface area contributed by atoms with Gasteiger partial charge in [-0.25, -0.2) is 0 Å². The smallest absolute Gasteiger partial charge is 0.303 e. The fourth-order valence-electron chi connectivity index (χ4n) is 5.74. The molecule has 0 spiro atoms. The Morgan fingerprint density at radius 3 is 2.16 bits per heavy atom. The summed E-state index contributed by atoms with van der Waals surface area (Å²) in [6, 6.07) is 9.41. The van der Waals surface area contributed by atoms with Crippen molar-refractivity contribution in [1.82, 2.24) is 0 Å². The molecule has 0 amide bonds. The van der Waals surface area contributed by atoms with Gasteiger partial charge in [0.25, 0.3) is 5.97 Å². The van der Waals surface area contributed by atoms with Crippen LogP contribution in [0, 0.1) is 0 Å². The quantitative estimate of drug-likeness (QED) is 0.308. The van der Waals surface area contributed by atoms with Crippen molar-refractivity contribution >= 4 is 29.7 Å². The van der Waals surface area contributed by atoms with Gasteiger partial charge in [0.1, 0.15) is 23.7 Å². The Balaban J connectivity index is 1.44. The van der Waals surface area contributed by atoms with E-state index in [4.69, 9.17) is 47.4 Å². The lowest BCUT2D eigenvalue weighted by Crippen LogP contribution is -2.64. The predicted molar refractivity (Wildman–Crippen MR) is 147 cm³/mol. The molecule has 0 aliphatic carbocycles. The molecule has 0 saturated carbocycles. The standard InChI is InChI=1S/C29H38O13S/c1-7-43-28-25(37-17(5)32)23(21-19(38-28)13-33-26(39-21)18-11-9-8-10-12-18)40-29(6)41-24-22(36-16(4)31)20(35-15(3)30)14(2)34-27(24)42-29/h8-12,14,19-28H,7,13H2,1-6H3/t14-,19+,20-,21+,22+,23-,24+,25+,26+,27+,28-,29-/m0/s1. The van der Waals surface area contributed by atoms with Crippen LogP contribution < -0.4 is 0 Å². The second-order valence-corrected chi connectivity index (χ2v) is 12.1. The summed E-state index contributed by atoms with van der Waals surface area (Å²) in [6.07, 6.45) is -8.65. The van der Waals surface area contributed by atoms with Crippen LogP contribution >= 0.6 is 11.8 Å². The topological polar surface area (TPSA) is 144 Å². The van der Waals surface area contributed by atoms with E-state index >= 15 is 0 Å². The van der Waals surface area contributed by atoms with Crippen molar-refractivity contribution in [2.24, 2.45) is 0 Å². The fourth-order valence-corrected chi connectivity index (χ4v) is 6.69. The molecule has 0 radical (unpaired) electrons. The highest BCUT2D eigenvalue weighted by molar-refractivity contribution is 7.99. The summed E-state index contributed by atoms with van der Waals surface area (Å²) in [5.41, 5.74) is 0.189. The summed E-state index contributed by atoms with van der Waals surface area (Å²) < 4.78 is 60.5. The average molecular weight is 627 g/mol. The minimum Gasteiger partial charge on any atom is -0.456 e. The number of carbonyl (C=O) groups is 3. The number of carbonyl (C=O) groups excluding carboxylic acids is 3. The first-order chi connectivity index (χ1) is 20.5. The van der Waals surface area contributed by atoms with Crippen LogP contribution in [0.3, 0.4) is 0 Å². The molecule has 1 aromatic rings. The third-order valence-corrected chi connectivity index (χ3v) is 8.39. The van der Waals surface area contributed by atoms with E-state index in [1.54, 1.807) is 6.92 Å². The van der Waals surface area contributed by atoms with Crippen molar-refractivity contribution in [3.05, 3.63) is 35.9 Å². The normalized spacial score (nSPS) is 40.6. The fraction of sp³-hybridized carbons (Fsp3) is 0.690. The van der Waals surface area contributed by atoms with Gasteiger partial charge in [0.2, 0.25) is 0 Å². The Kier molecular flexibility index (Phi) is 9.98. The number of thioether (sulfide) groups is 1. The molecule has 13 nitrogen and oxygen atoms in total. The first-order valence-corrected chi connectivity index (χ1v) is 15.3. The van der Waals surface area contributed by atoms with E-state index in [2.05, 4.69) is 0 Å². The molecule has 0 aromatic heterocycles. The number of hydrogen-bond acceptors (Lipinski definition) is 14. The zero-order valence-electron chi connectivity index (χ0n) is 24.9. The molecule has 0 unspecified atom stereocenters. The minimum atomic E-state index is -1.78. The average Bonchev–Trinajstić information content (AvgIpc) is 3.28. The van der Waals surface area contributed by atoms with E-state index in [9.17, 15) is 14.4 Å². The monoisotopic (exact) mass is 626 g/mol. The number of esters is 3. The molecule has 4 aliphatic heterocycles. The van der Waals surface area contributed by atoms with Crippen LogP contribution in [-0.4, -0.2) is 96.8 Å². The Morgan fingerprint density at radius 1 is 0.860 bits per heavy atom. The molecule has 43 heavy (non-hydrogen) atoms. The zero-order valence-corrected chi connectivity index (χ0v) is 25.7. The molecule has 0 bridgehead atoms. The summed E-state index contributed by atoms with van der Waals surface area (Å²) >= 11 is 1.45. The van der Waals surface area contributed by atoms with Gasteiger partial charge in [-0.15, -0.1) is 11.8 Å². The van der Waals surface area contributed by atoms with Crippen LogP contribution in [0.25, 0.3) is 0 Å². The number of hydrogen-bond donors (Lipinski definition) is 0. The number of rotatable bonds is 8. The van der Waals surface area contributed by atoms with E-state index < -0.39 is 90.7 Å². The second kappa shape index (κ2) is 13.4. The van der Waals surface area contributed by atoms with Crippen molar-refractivity contribution in [2.75, 3.05) is 12.4 Å². The Bertz CT molecular complexity index is 1150. The molecule has 4 fully saturated rings. The first-order valence-electron chi connectivity index (χ1n) is 14.3. The Morgan fingerprint density at radius 2 is 1.51 bits per heavy atom. The maximum absolute atomic E-state index is 12.3. The lowest BCUT2D eigenvalue weighted by molar-refractivity contribution is -0.403. The summed E-state index contributed by atoms with van der Waals surface area (Å²) in [6.45, 7) is 9.17. The summed E-state index contributed by atoms with van der Waals surface area (Å²) in [5, 5.41) is 0. The lowest BCUT2D eigenvalue weighted by atomic mass is 9.98. The molecule has 238 valence electrons. The Labute approximate surface area is 254 Å². The van der Waals surface area contributed by atoms with Crippen molar-refractivity contribution in [3.63, 3.8) is 0 Å². The van der Waals surface area contributed by atoms with E-state index in [0.29, 0.717) is 5.75 Å². The van der Waals surface area contributed by atoms with Gasteiger partial charge < -0.3 is 42.6 Å². The SMILES string of the molecule is CCS[C@@H]1O[C@@H]2CO[C@@H](c3ccccc3)O[C@H]2[C@H](O[C@]2(C)O[C@H]3O[C@@H](C)[C@H](OC(C)=O)[C@@H](OC(C)=O)[C@H]3O2)[C@H]1OC(C)=O. The molecule has 14 heteroatoms. The number of ether oxygens (including phenoxy) is 10. The highest BCUT2D eigenvalue weighted by Crippen LogP contribution is 2.44. The highest BCUT2D eigenvalue weighted by atomic mass is 32.2. The summed E-state index contributed by atoms with van der Waals surface area (Å²) in [4.78, 5) is 36.2. The van der Waals surface area contributed by atoms with E-state index in [1.165, 1.54) is 39.5 Å². The molecule has 4 heterocycles. The van der Waals surface area contributed by atoms with Crippen LogP contribution in [-0.2, 0) is 61.8 Å². The zero-order chi connectivity index (χ0) is 30.9. The molecule has 5 rings (SSSR count). The second-order valence-electron chi connectivity index (χ2n) is 10.8. The third kappa shape index (κ3) is 7.17. The molecular weight excluding hydrogens is 588 g/mol. The van der Waals surface area contributed by atoms with Gasteiger partial charge in [-0.3, -0.25) is 19.1 Å². The highest BCUT2D eigenvalue weighted by Gasteiger charge is 2.61. The van der Waals surface area contributed by atoms with Gasteiger partial charge in [0, 0.05) is 33.3 Å². The van der Waals surface area contributed by atoms with Crippen molar-refractivity contribution in [3.8, 4) is 0 Å². The molecule has 1 aromatic carbocycles. The van der Waals surface area contributed by atoms with Crippen molar-refractivity contribution < 1.29 is 61.8 Å². The van der Waals surface area contributed by atoms with Crippen LogP contribution in [0.15, 0.2) is 30.3 Å². The molecule has 4 aliphatic rings. The predicted octanol–water partition coefficient (Wildman–Crippen LogP) is 2.59. The first kappa shape index (κ1) is 32.1. The lowest BCUT2D eigenvalue weighted by Gasteiger charge is -2.49. The summed E-state index contributed by atoms with van der Waals surface area (Å²) in [5.74, 6) is -2.82. The van der Waals surface area contributed by atoms with E-state index in [1.807, 2.05) is 37.3 Å². The van der Waals surface area contributed by atoms with Gasteiger partial charge >= 0.3 is 17.9 Å². The van der Waals surface area contributed by atoms with E-state index in [-0.39, 0.29) is 6.61 Å². The maximum Gasteiger partial charge on any atom is 0.303 e. The van der Waals surface area contributed by atoms with Crippen LogP contribution in [0.1, 0.15) is 53.4 Å². The third-order valence-electron chi connectivity index (χ3n) is 7.35. The van der Waals surface area contributed by atoms with E-state index in [0.717, 1.165) is 5.56 Å². The minimum absolute atomic E-state index is 0.195. The Hall–Kier alpha value is -2.30. The molecule has 4 saturated heterocycles. The molecule has 0 N–H and O–H groups in total. The van der Waals surface area contributed by atoms with Gasteiger partial charge in [-0.1, -0.05) is 37.3 Å². The van der Waals surface area contributed by atoms with Gasteiger partial charge in [0.05, 0.1) is 12.7 Å². The van der Waals surface area contributed by atoms with Gasteiger partial charge in [0.15, 0.2) is 37.0 Å². The largest absolute Gasteiger partial charge is 0.456 e. The van der Waals surface area contributed by atoms with Crippen LogP contribution in [0.2, 0.25) is 0 Å². The molecular formula is C29H38O13S. The van der Waals surface area contributed by atoms with Crippen molar-refractivity contribution in [2.45, 2.75) is 114 Å². The number of benzene rings is 1. The number of fused-ring (bicyclic) bond motifs is 2. The molecule has 12 atom stereocenters. The van der Waals surface area contributed by atoms with Gasteiger partial charge in [-0.2, -0.15) is 0 Å². The van der Waals surface area contributed by atoms with Crippen molar-refractivity contribution in [1.29, 1.82) is 0 Å². The maximum atomic E-state index is 12.3. The summed E-state index contributed by atoms with van der Waals surface area (Å²) in [7, 11) is 0. The van der Waals surface area contributed by atoms with Crippen LogP contribution in [0.4, 0.5) is 0 Å². The van der Waals surface area contributed by atoms with Gasteiger partial charge in [-0.05, 0) is 12.7 Å².